The molecule has 1 unspecified atom stereocenters. The van der Waals surface area contributed by atoms with Crippen LogP contribution in [0.5, 0.6) is 11.5 Å². The number of ether oxygens (including phenoxy) is 3. The number of fused-ring (bicyclic) bond motifs is 5. The third kappa shape index (κ3) is 3.78. The van der Waals surface area contributed by atoms with E-state index in [1.54, 1.807) is 7.11 Å². The topological polar surface area (TPSA) is 32.6 Å². The van der Waals surface area contributed by atoms with Crippen molar-refractivity contribution in [3.63, 3.8) is 0 Å². The number of nitrogens with zero attached hydrogens (tertiary/aromatic N) is 1. The summed E-state index contributed by atoms with van der Waals surface area (Å²) in [7, 11) is 1.71. The Morgan fingerprint density at radius 2 is 2.09 bits per heavy atom. The highest BCUT2D eigenvalue weighted by atomic mass is 16.5. The number of methoxy groups -OCH3 is 1. The van der Waals surface area contributed by atoms with Gasteiger partial charge in [-0.3, -0.25) is 0 Å². The van der Waals surface area contributed by atoms with Crippen molar-refractivity contribution in [2.75, 3.05) is 13.7 Å². The number of allylic oxidation sites excluding steroid dienone is 4. The van der Waals surface area contributed by atoms with Crippen molar-refractivity contribution in [3.8, 4) is 34.6 Å². The average molecular weight is 450 g/mol. The number of rotatable bonds is 6. The Labute approximate surface area is 200 Å². The highest BCUT2D eigenvalue weighted by molar-refractivity contribution is 5.94. The number of para-hydroxylation sites is 1. The minimum Gasteiger partial charge on any atom is -0.497 e. The van der Waals surface area contributed by atoms with Crippen molar-refractivity contribution in [1.29, 1.82) is 0 Å². The van der Waals surface area contributed by atoms with Crippen LogP contribution in [0.4, 0.5) is 0 Å². The quantitative estimate of drug-likeness (QED) is 0.408. The van der Waals surface area contributed by atoms with Crippen LogP contribution >= 0.6 is 0 Å². The van der Waals surface area contributed by atoms with E-state index in [0.29, 0.717) is 19.1 Å². The Morgan fingerprint density at radius 3 is 2.91 bits per heavy atom. The third-order valence-electron chi connectivity index (χ3n) is 6.76. The molecule has 3 aliphatic rings. The zero-order valence-electron chi connectivity index (χ0n) is 19.3. The van der Waals surface area contributed by atoms with Crippen molar-refractivity contribution in [2.24, 2.45) is 5.92 Å². The molecule has 3 aromatic rings. The Morgan fingerprint density at radius 1 is 1.15 bits per heavy atom. The van der Waals surface area contributed by atoms with Gasteiger partial charge in [0, 0.05) is 40.6 Å². The van der Waals surface area contributed by atoms with E-state index < -0.39 is 0 Å². The Balaban J connectivity index is 1.28. The molecule has 0 spiro atoms. The molecule has 34 heavy (non-hydrogen) atoms. The van der Waals surface area contributed by atoms with E-state index in [-0.39, 0.29) is 0 Å². The van der Waals surface area contributed by atoms with Crippen LogP contribution in [-0.4, -0.2) is 18.3 Å². The Hall–Kier alpha value is -3.84. The van der Waals surface area contributed by atoms with E-state index in [4.69, 9.17) is 14.2 Å². The first-order valence-electron chi connectivity index (χ1n) is 11.9. The molecule has 0 saturated heterocycles. The van der Waals surface area contributed by atoms with E-state index in [0.717, 1.165) is 54.2 Å². The third-order valence-corrected chi connectivity index (χ3v) is 6.76. The molecule has 1 atom stereocenters. The van der Waals surface area contributed by atoms with Crippen LogP contribution in [-0.2, 0) is 17.9 Å². The first kappa shape index (κ1) is 20.7. The normalized spacial score (nSPS) is 18.1. The second-order valence-corrected chi connectivity index (χ2v) is 8.93. The van der Waals surface area contributed by atoms with Gasteiger partial charge in [-0.1, -0.05) is 36.1 Å². The summed E-state index contributed by atoms with van der Waals surface area (Å²) in [5, 5.41) is 1.20. The smallest absolute Gasteiger partial charge is 0.129 e. The summed E-state index contributed by atoms with van der Waals surface area (Å²) >= 11 is 0. The minimum absolute atomic E-state index is 0.387. The molecule has 2 heterocycles. The van der Waals surface area contributed by atoms with E-state index in [1.165, 1.54) is 22.2 Å². The molecule has 4 nitrogen and oxygen atoms in total. The molecule has 1 aromatic heterocycles. The van der Waals surface area contributed by atoms with Crippen LogP contribution in [0.15, 0.2) is 78.1 Å². The standard InChI is InChI=1S/C30H27NO3/c1-32-24-15-16-28-26(17-24)27-20-34-29-10-6-5-9-25(29)30(27)31(28)18-21-11-13-23(14-12-21)33-19-22-7-3-2-4-8-22/h5-7,9-11,13-17,21H,2-3,12,18-20H2,1H3. The molecule has 0 saturated carbocycles. The lowest BCUT2D eigenvalue weighted by Crippen LogP contribution is -2.14. The lowest BCUT2D eigenvalue weighted by Gasteiger charge is -2.23. The first-order valence-corrected chi connectivity index (χ1v) is 11.9. The summed E-state index contributed by atoms with van der Waals surface area (Å²) in [5.41, 5.74) is 5.94. The average Bonchev–Trinajstić information content (AvgIpc) is 3.22. The largest absolute Gasteiger partial charge is 0.497 e. The number of aromatic nitrogens is 1. The molecule has 0 radical (unpaired) electrons. The monoisotopic (exact) mass is 449 g/mol. The van der Waals surface area contributed by atoms with Gasteiger partial charge in [-0.25, -0.2) is 0 Å². The Bertz CT molecular complexity index is 1410. The fourth-order valence-electron chi connectivity index (χ4n) is 5.04. The number of benzene rings is 2. The summed E-state index contributed by atoms with van der Waals surface area (Å²) in [5.74, 6) is 9.46. The van der Waals surface area contributed by atoms with Crippen LogP contribution in [0, 0.1) is 17.8 Å². The van der Waals surface area contributed by atoms with Gasteiger partial charge < -0.3 is 18.8 Å². The van der Waals surface area contributed by atoms with Crippen LogP contribution in [0.25, 0.3) is 22.2 Å². The van der Waals surface area contributed by atoms with E-state index in [2.05, 4.69) is 71.0 Å². The van der Waals surface area contributed by atoms with E-state index in [9.17, 15) is 0 Å². The summed E-state index contributed by atoms with van der Waals surface area (Å²) in [6, 6.07) is 14.7. The van der Waals surface area contributed by atoms with Crippen molar-refractivity contribution in [2.45, 2.75) is 32.4 Å². The number of hydrogen-bond acceptors (Lipinski definition) is 3. The second kappa shape index (κ2) is 8.83. The lowest BCUT2D eigenvalue weighted by molar-refractivity contribution is 0.251. The zero-order valence-corrected chi connectivity index (χ0v) is 19.3. The molecule has 170 valence electrons. The SMILES string of the molecule is COc1ccc2c(c1)c1c(n2CC2C=CC(OCC3=CCCC#C3)=CC2)-c2ccccc2OC1. The van der Waals surface area contributed by atoms with Crippen molar-refractivity contribution in [3.05, 3.63) is 83.7 Å². The summed E-state index contributed by atoms with van der Waals surface area (Å²) in [4.78, 5) is 0. The van der Waals surface area contributed by atoms with Gasteiger partial charge in [0.25, 0.3) is 0 Å². The molecular weight excluding hydrogens is 422 g/mol. The molecule has 2 aliphatic carbocycles. The molecule has 0 amide bonds. The maximum Gasteiger partial charge on any atom is 0.129 e. The van der Waals surface area contributed by atoms with Gasteiger partial charge in [-0.15, -0.1) is 0 Å². The van der Waals surface area contributed by atoms with Crippen molar-refractivity contribution >= 4 is 10.9 Å². The van der Waals surface area contributed by atoms with Gasteiger partial charge in [0.05, 0.1) is 12.8 Å². The molecule has 6 rings (SSSR count). The maximum atomic E-state index is 6.12. The van der Waals surface area contributed by atoms with Gasteiger partial charge >= 0.3 is 0 Å². The molecule has 0 fully saturated rings. The van der Waals surface area contributed by atoms with Crippen molar-refractivity contribution in [1.82, 2.24) is 4.57 Å². The molecule has 2 aromatic carbocycles. The van der Waals surface area contributed by atoms with E-state index in [1.807, 2.05) is 12.1 Å². The summed E-state index contributed by atoms with van der Waals surface area (Å²) < 4.78 is 20.1. The predicted octanol–water partition coefficient (Wildman–Crippen LogP) is 6.41. The van der Waals surface area contributed by atoms with Gasteiger partial charge in [-0.2, -0.15) is 0 Å². The van der Waals surface area contributed by atoms with Crippen LogP contribution in [0.2, 0.25) is 0 Å². The van der Waals surface area contributed by atoms with Crippen LogP contribution in [0.1, 0.15) is 24.8 Å². The molecule has 0 N–H and O–H groups in total. The Kier molecular flexibility index (Phi) is 5.39. The van der Waals surface area contributed by atoms with Crippen LogP contribution in [0.3, 0.4) is 0 Å². The number of hydrogen-bond donors (Lipinski definition) is 0. The fourth-order valence-corrected chi connectivity index (χ4v) is 5.04. The second-order valence-electron chi connectivity index (χ2n) is 8.93. The van der Waals surface area contributed by atoms with E-state index >= 15 is 0 Å². The summed E-state index contributed by atoms with van der Waals surface area (Å²) in [6.07, 6.45) is 11.7. The predicted molar refractivity (Wildman–Crippen MR) is 135 cm³/mol. The van der Waals surface area contributed by atoms with Gasteiger partial charge in [0.1, 0.15) is 30.5 Å². The first-order chi connectivity index (χ1) is 16.8. The lowest BCUT2D eigenvalue weighted by atomic mass is 9.99. The van der Waals surface area contributed by atoms with Gasteiger partial charge in [0.2, 0.25) is 0 Å². The molecular formula is C30H27NO3. The molecule has 4 heteroatoms. The van der Waals surface area contributed by atoms with Crippen molar-refractivity contribution < 1.29 is 14.2 Å². The van der Waals surface area contributed by atoms with Crippen LogP contribution < -0.4 is 9.47 Å². The molecule has 1 aliphatic heterocycles. The fraction of sp³-hybridized carbons (Fsp3) is 0.267. The van der Waals surface area contributed by atoms with Gasteiger partial charge in [0.15, 0.2) is 0 Å². The molecule has 0 bridgehead atoms. The minimum atomic E-state index is 0.387. The zero-order chi connectivity index (χ0) is 22.9. The highest BCUT2D eigenvalue weighted by Crippen LogP contribution is 2.44. The highest BCUT2D eigenvalue weighted by Gasteiger charge is 2.26. The van der Waals surface area contributed by atoms with Gasteiger partial charge in [-0.05, 0) is 61.2 Å². The summed E-state index contributed by atoms with van der Waals surface area (Å²) in [6.45, 7) is 2.02. The maximum absolute atomic E-state index is 6.12.